The Bertz CT molecular complexity index is 1160. The van der Waals surface area contributed by atoms with Crippen molar-refractivity contribution >= 4 is 27.3 Å². The second-order valence-corrected chi connectivity index (χ2v) is 9.33. The number of aromatic amines is 1. The number of carbonyl (C=O) groups is 2. The van der Waals surface area contributed by atoms with Crippen molar-refractivity contribution < 1.29 is 27.7 Å². The molecule has 1 saturated heterocycles. The Labute approximate surface area is 179 Å². The molecule has 0 aliphatic carbocycles. The Kier molecular flexibility index (Phi) is 6.27. The number of ether oxygens (including phenoxy) is 1. The second kappa shape index (κ2) is 8.60. The molecule has 11 heteroatoms. The van der Waals surface area contributed by atoms with E-state index in [4.69, 9.17) is 4.74 Å². The molecule has 2 heterocycles. The summed E-state index contributed by atoms with van der Waals surface area (Å²) in [6.07, 6.45) is 1.49. The third-order valence-electron chi connectivity index (χ3n) is 5.26. The van der Waals surface area contributed by atoms with E-state index in [2.05, 4.69) is 4.98 Å². The highest BCUT2D eigenvalue weighted by molar-refractivity contribution is 7.89. The summed E-state index contributed by atoms with van der Waals surface area (Å²) in [6.45, 7) is 4.94. The summed E-state index contributed by atoms with van der Waals surface area (Å²) in [5.41, 5.74) is 1.11. The van der Waals surface area contributed by atoms with Gasteiger partial charge in [-0.05, 0) is 51.3 Å². The van der Waals surface area contributed by atoms with Gasteiger partial charge in [0.25, 0.3) is 0 Å². The molecule has 1 fully saturated rings. The molecule has 0 atom stereocenters. The second-order valence-electron chi connectivity index (χ2n) is 7.39. The molecule has 0 spiro atoms. The molecule has 1 N–H and O–H groups in total. The fourth-order valence-electron chi connectivity index (χ4n) is 3.77. The van der Waals surface area contributed by atoms with Gasteiger partial charge in [-0.2, -0.15) is 4.31 Å². The summed E-state index contributed by atoms with van der Waals surface area (Å²) in [5.74, 6) is -0.890. The van der Waals surface area contributed by atoms with Crippen LogP contribution in [-0.4, -0.2) is 53.9 Å². The van der Waals surface area contributed by atoms with Gasteiger partial charge in [0.15, 0.2) is 18.1 Å². The van der Waals surface area contributed by atoms with Crippen LogP contribution < -0.4 is 4.74 Å². The molecule has 1 aromatic heterocycles. The van der Waals surface area contributed by atoms with Crippen LogP contribution in [0.2, 0.25) is 0 Å². The van der Waals surface area contributed by atoms with E-state index in [9.17, 15) is 28.1 Å². The highest BCUT2D eigenvalue weighted by atomic mass is 32.2. The lowest BCUT2D eigenvalue weighted by Crippen LogP contribution is -2.27. The number of Topliss-reactive ketones (excluding diaryl/α,β-unsaturated/α-hetero) is 2. The number of nitrogens with zero attached hydrogens (tertiary/aromatic N) is 2. The number of hydrogen-bond acceptors (Lipinski definition) is 7. The Morgan fingerprint density at radius 1 is 1.23 bits per heavy atom. The third-order valence-corrected chi connectivity index (χ3v) is 7.15. The smallest absolute Gasteiger partial charge is 0.312 e. The van der Waals surface area contributed by atoms with Gasteiger partial charge in [0, 0.05) is 30.4 Å². The number of nitrogens with one attached hydrogen (secondary N) is 1. The van der Waals surface area contributed by atoms with Crippen molar-refractivity contribution in [2.75, 3.05) is 19.7 Å². The lowest BCUT2D eigenvalue weighted by Gasteiger charge is -2.15. The van der Waals surface area contributed by atoms with Crippen LogP contribution in [0, 0.1) is 24.0 Å². The molecule has 0 unspecified atom stereocenters. The van der Waals surface area contributed by atoms with E-state index in [-0.39, 0.29) is 22.1 Å². The maximum absolute atomic E-state index is 12.7. The molecule has 0 amide bonds. The van der Waals surface area contributed by atoms with Crippen molar-refractivity contribution in [1.29, 1.82) is 0 Å². The first-order chi connectivity index (χ1) is 14.5. The maximum atomic E-state index is 12.7. The van der Waals surface area contributed by atoms with Gasteiger partial charge in [-0.25, -0.2) is 8.42 Å². The number of sulfonamides is 1. The number of ketones is 2. The summed E-state index contributed by atoms with van der Waals surface area (Å²) in [6, 6.07) is 3.37. The van der Waals surface area contributed by atoms with Gasteiger partial charge in [-0.3, -0.25) is 19.7 Å². The molecular formula is C20H23N3O7S. The number of aromatic nitrogens is 1. The summed E-state index contributed by atoms with van der Waals surface area (Å²) in [5, 5.41) is 11.5. The minimum absolute atomic E-state index is 0.184. The fraction of sp³-hybridized carbons (Fsp3) is 0.400. The molecule has 3 rings (SSSR count). The van der Waals surface area contributed by atoms with Crippen molar-refractivity contribution in [3.05, 3.63) is 50.8 Å². The van der Waals surface area contributed by atoms with Crippen molar-refractivity contribution in [2.45, 2.75) is 38.5 Å². The number of benzene rings is 1. The minimum Gasteiger partial charge on any atom is -0.478 e. The molecular weight excluding hydrogens is 426 g/mol. The third kappa shape index (κ3) is 4.37. The first-order valence-electron chi connectivity index (χ1n) is 9.68. The monoisotopic (exact) mass is 449 g/mol. The molecule has 10 nitrogen and oxygen atoms in total. The SMILES string of the molecule is CC(=O)c1c(C)[nH]c(C(=O)COc2ccc(S(=O)(=O)N3CCCC3)cc2[N+](=O)[O-])c1C. The Balaban J connectivity index is 1.84. The van der Waals surface area contributed by atoms with E-state index in [1.54, 1.807) is 13.8 Å². The number of rotatable bonds is 8. The first kappa shape index (κ1) is 22.6. The van der Waals surface area contributed by atoms with Crippen LogP contribution in [0.15, 0.2) is 23.1 Å². The van der Waals surface area contributed by atoms with Crippen molar-refractivity contribution in [2.24, 2.45) is 0 Å². The molecule has 0 bridgehead atoms. The van der Waals surface area contributed by atoms with Crippen LogP contribution in [0.4, 0.5) is 5.69 Å². The molecule has 0 radical (unpaired) electrons. The molecule has 31 heavy (non-hydrogen) atoms. The van der Waals surface area contributed by atoms with Crippen LogP contribution >= 0.6 is 0 Å². The van der Waals surface area contributed by atoms with Crippen LogP contribution in [0.25, 0.3) is 0 Å². The number of H-pyrrole nitrogens is 1. The van der Waals surface area contributed by atoms with Gasteiger partial charge in [0.05, 0.1) is 15.5 Å². The van der Waals surface area contributed by atoms with E-state index in [0.717, 1.165) is 18.9 Å². The van der Waals surface area contributed by atoms with Gasteiger partial charge in [-0.1, -0.05) is 0 Å². The van der Waals surface area contributed by atoms with Gasteiger partial charge < -0.3 is 9.72 Å². The molecule has 1 aliphatic rings. The highest BCUT2D eigenvalue weighted by Gasteiger charge is 2.30. The largest absolute Gasteiger partial charge is 0.478 e. The summed E-state index contributed by atoms with van der Waals surface area (Å²) in [7, 11) is -3.83. The predicted molar refractivity (Wildman–Crippen MR) is 111 cm³/mol. The maximum Gasteiger partial charge on any atom is 0.312 e. The van der Waals surface area contributed by atoms with Gasteiger partial charge in [0.1, 0.15) is 0 Å². The fourth-order valence-corrected chi connectivity index (χ4v) is 5.31. The van der Waals surface area contributed by atoms with E-state index in [1.807, 2.05) is 0 Å². The number of hydrogen-bond donors (Lipinski definition) is 1. The average molecular weight is 449 g/mol. The summed E-state index contributed by atoms with van der Waals surface area (Å²) >= 11 is 0. The lowest BCUT2D eigenvalue weighted by atomic mass is 10.1. The normalized spacial score (nSPS) is 14.5. The lowest BCUT2D eigenvalue weighted by molar-refractivity contribution is -0.386. The summed E-state index contributed by atoms with van der Waals surface area (Å²) < 4.78 is 32.0. The molecule has 2 aromatic rings. The quantitative estimate of drug-likeness (QED) is 0.371. The van der Waals surface area contributed by atoms with Gasteiger partial charge in [-0.15, -0.1) is 0 Å². The van der Waals surface area contributed by atoms with E-state index in [0.29, 0.717) is 29.9 Å². The first-order valence-corrected chi connectivity index (χ1v) is 11.1. The zero-order valence-corrected chi connectivity index (χ0v) is 18.2. The molecule has 166 valence electrons. The van der Waals surface area contributed by atoms with E-state index in [1.165, 1.54) is 23.4 Å². The van der Waals surface area contributed by atoms with E-state index >= 15 is 0 Å². The minimum atomic E-state index is -3.83. The molecule has 0 saturated carbocycles. The van der Waals surface area contributed by atoms with E-state index < -0.39 is 33.0 Å². The molecule has 1 aliphatic heterocycles. The van der Waals surface area contributed by atoms with Crippen LogP contribution in [-0.2, 0) is 10.0 Å². The Morgan fingerprint density at radius 3 is 2.42 bits per heavy atom. The summed E-state index contributed by atoms with van der Waals surface area (Å²) in [4.78, 5) is 37.7. The van der Waals surface area contributed by atoms with Crippen molar-refractivity contribution in [3.63, 3.8) is 0 Å². The van der Waals surface area contributed by atoms with Gasteiger partial charge in [0.2, 0.25) is 15.8 Å². The van der Waals surface area contributed by atoms with Gasteiger partial charge >= 0.3 is 5.69 Å². The Morgan fingerprint density at radius 2 is 1.87 bits per heavy atom. The number of carbonyl (C=O) groups excluding carboxylic acids is 2. The number of nitro groups is 1. The van der Waals surface area contributed by atoms with Crippen LogP contribution in [0.1, 0.15) is 51.9 Å². The molecule has 1 aromatic carbocycles. The zero-order chi connectivity index (χ0) is 22.9. The van der Waals surface area contributed by atoms with Crippen molar-refractivity contribution in [3.8, 4) is 5.75 Å². The van der Waals surface area contributed by atoms with Crippen LogP contribution in [0.5, 0.6) is 5.75 Å². The van der Waals surface area contributed by atoms with Crippen molar-refractivity contribution in [1.82, 2.24) is 9.29 Å². The average Bonchev–Trinajstić information content (AvgIpc) is 3.34. The zero-order valence-electron chi connectivity index (χ0n) is 17.4. The Hall–Kier alpha value is -3.05. The van der Waals surface area contributed by atoms with Crippen LogP contribution in [0.3, 0.4) is 0 Å². The topological polar surface area (TPSA) is 140 Å². The predicted octanol–water partition coefficient (Wildman–Crippen LogP) is 2.79. The number of aryl methyl sites for hydroxylation is 1. The highest BCUT2D eigenvalue weighted by Crippen LogP contribution is 2.32. The number of nitro benzene ring substituents is 1. The standard InChI is InChI=1S/C20H23N3O7S/c1-12-19(14(3)24)13(2)21-20(12)17(25)11-30-18-7-6-15(10-16(18)23(26)27)31(28,29)22-8-4-5-9-22/h6-7,10,21H,4-5,8-9,11H2,1-3H3.